The van der Waals surface area contributed by atoms with Gasteiger partial charge in [0.1, 0.15) is 0 Å². The Balaban J connectivity index is 2.59. The maximum absolute atomic E-state index is 12.4. The van der Waals surface area contributed by atoms with Gasteiger partial charge in [-0.15, -0.1) is 0 Å². The van der Waals surface area contributed by atoms with Crippen LogP contribution in [0.4, 0.5) is 0 Å². The predicted molar refractivity (Wildman–Crippen MR) is 91.2 cm³/mol. The maximum Gasteiger partial charge on any atom is 0.230 e. The molecule has 21 heavy (non-hydrogen) atoms. The quantitative estimate of drug-likeness (QED) is 0.716. The van der Waals surface area contributed by atoms with Crippen molar-refractivity contribution in [2.45, 2.75) is 25.8 Å². The topological polar surface area (TPSA) is 58.4 Å². The lowest BCUT2D eigenvalue weighted by Crippen LogP contribution is -2.43. The Morgan fingerprint density at radius 3 is 2.48 bits per heavy atom. The monoisotopic (exact) mass is 307 g/mol. The molecule has 0 heterocycles. The van der Waals surface area contributed by atoms with Crippen molar-refractivity contribution in [1.82, 2.24) is 10.2 Å². The minimum Gasteiger partial charge on any atom is -0.393 e. The van der Waals surface area contributed by atoms with E-state index in [4.69, 9.17) is 18.0 Å². The largest absolute Gasteiger partial charge is 0.393 e. The third-order valence-electron chi connectivity index (χ3n) is 3.34. The van der Waals surface area contributed by atoms with Crippen LogP contribution in [0.3, 0.4) is 0 Å². The molecule has 4 nitrogen and oxygen atoms in total. The van der Waals surface area contributed by atoms with Crippen LogP contribution in [0.2, 0.25) is 0 Å². The van der Waals surface area contributed by atoms with E-state index in [0.717, 1.165) is 18.5 Å². The second-order valence-electron chi connectivity index (χ2n) is 5.65. The number of amides is 1. The molecule has 1 aromatic rings. The van der Waals surface area contributed by atoms with Gasteiger partial charge in [-0.25, -0.2) is 0 Å². The van der Waals surface area contributed by atoms with Crippen LogP contribution < -0.4 is 11.1 Å². The molecule has 0 spiro atoms. The number of nitrogens with zero attached hydrogens (tertiary/aromatic N) is 1. The average molecular weight is 307 g/mol. The number of hydrogen-bond acceptors (Lipinski definition) is 3. The Morgan fingerprint density at radius 2 is 1.95 bits per heavy atom. The number of nitrogens with one attached hydrogen (secondary N) is 1. The first-order chi connectivity index (χ1) is 9.90. The molecule has 2 atom stereocenters. The number of nitrogens with two attached hydrogens (primary N) is 1. The van der Waals surface area contributed by atoms with E-state index in [0.29, 0.717) is 6.42 Å². The number of thiocarbonyl (C=S) groups is 1. The minimum atomic E-state index is -0.454. The van der Waals surface area contributed by atoms with E-state index in [9.17, 15) is 4.79 Å². The number of carbonyl (C=O) groups excluding carboxylic acids is 1. The van der Waals surface area contributed by atoms with Crippen molar-refractivity contribution in [3.8, 4) is 0 Å². The zero-order valence-corrected chi connectivity index (χ0v) is 13.8. The van der Waals surface area contributed by atoms with Gasteiger partial charge in [-0.2, -0.15) is 0 Å². The number of carbonyl (C=O) groups is 1. The molecule has 5 heteroatoms. The molecule has 0 fully saturated rings. The highest BCUT2D eigenvalue weighted by Gasteiger charge is 2.23. The zero-order valence-electron chi connectivity index (χ0n) is 13.0. The van der Waals surface area contributed by atoms with Crippen molar-refractivity contribution in [1.29, 1.82) is 0 Å². The Hall–Kier alpha value is -1.46. The lowest BCUT2D eigenvalue weighted by Gasteiger charge is -2.21. The summed E-state index contributed by atoms with van der Waals surface area (Å²) in [6, 6.07) is 9.91. The van der Waals surface area contributed by atoms with Crippen molar-refractivity contribution in [3.63, 3.8) is 0 Å². The standard InChI is InChI=1S/C16H25N3OS/c1-12(9-10-19(2)3)18-16(20)14(15(17)21)11-13-7-5-4-6-8-13/h4-8,12,14H,9-11H2,1-3H3,(H2,17,21)(H,18,20). The fourth-order valence-corrected chi connectivity index (χ4v) is 2.23. The molecule has 1 rings (SSSR count). The van der Waals surface area contributed by atoms with Crippen molar-refractivity contribution >= 4 is 23.1 Å². The van der Waals surface area contributed by atoms with Crippen LogP contribution >= 0.6 is 12.2 Å². The average Bonchev–Trinajstić information content (AvgIpc) is 2.43. The Bertz CT molecular complexity index is 462. The molecule has 0 saturated heterocycles. The van der Waals surface area contributed by atoms with Crippen LogP contribution in [0.1, 0.15) is 18.9 Å². The molecule has 0 bridgehead atoms. The predicted octanol–water partition coefficient (Wildman–Crippen LogP) is 1.59. The molecule has 0 aliphatic carbocycles. The van der Waals surface area contributed by atoms with Crippen LogP contribution in [0.15, 0.2) is 30.3 Å². The van der Waals surface area contributed by atoms with Crippen molar-refractivity contribution in [3.05, 3.63) is 35.9 Å². The van der Waals surface area contributed by atoms with Gasteiger partial charge in [0.05, 0.1) is 10.9 Å². The van der Waals surface area contributed by atoms with Gasteiger partial charge >= 0.3 is 0 Å². The third-order valence-corrected chi connectivity index (χ3v) is 3.63. The number of hydrogen-bond donors (Lipinski definition) is 2. The van der Waals surface area contributed by atoms with Crippen LogP contribution in [0.25, 0.3) is 0 Å². The van der Waals surface area contributed by atoms with Crippen LogP contribution in [0.5, 0.6) is 0 Å². The normalized spacial score (nSPS) is 13.7. The molecule has 0 aromatic heterocycles. The summed E-state index contributed by atoms with van der Waals surface area (Å²) in [6.45, 7) is 2.93. The van der Waals surface area contributed by atoms with Crippen LogP contribution in [0, 0.1) is 5.92 Å². The van der Waals surface area contributed by atoms with Gasteiger partial charge in [0.2, 0.25) is 5.91 Å². The molecule has 0 aliphatic heterocycles. The van der Waals surface area contributed by atoms with E-state index in [1.54, 1.807) is 0 Å². The van der Waals surface area contributed by atoms with Crippen molar-refractivity contribution < 1.29 is 4.79 Å². The lowest BCUT2D eigenvalue weighted by molar-refractivity contribution is -0.123. The summed E-state index contributed by atoms with van der Waals surface area (Å²) in [7, 11) is 4.03. The fraction of sp³-hybridized carbons (Fsp3) is 0.500. The Labute approximate surface area is 132 Å². The highest BCUT2D eigenvalue weighted by atomic mass is 32.1. The van der Waals surface area contributed by atoms with E-state index in [1.165, 1.54) is 0 Å². The van der Waals surface area contributed by atoms with Crippen LogP contribution in [-0.2, 0) is 11.2 Å². The van der Waals surface area contributed by atoms with E-state index < -0.39 is 5.92 Å². The Morgan fingerprint density at radius 1 is 1.33 bits per heavy atom. The summed E-state index contributed by atoms with van der Waals surface area (Å²) >= 11 is 5.06. The highest BCUT2D eigenvalue weighted by molar-refractivity contribution is 7.80. The summed E-state index contributed by atoms with van der Waals surface area (Å²) in [4.78, 5) is 14.7. The molecular weight excluding hydrogens is 282 g/mol. The molecule has 116 valence electrons. The molecule has 1 aromatic carbocycles. The second kappa shape index (κ2) is 8.74. The van der Waals surface area contributed by atoms with Crippen LogP contribution in [-0.4, -0.2) is 42.5 Å². The SMILES string of the molecule is CC(CCN(C)C)NC(=O)C(Cc1ccccc1)C(N)=S. The molecule has 0 saturated carbocycles. The smallest absolute Gasteiger partial charge is 0.230 e. The van der Waals surface area contributed by atoms with Gasteiger partial charge in [0.15, 0.2) is 0 Å². The first-order valence-electron chi connectivity index (χ1n) is 7.18. The van der Waals surface area contributed by atoms with Crippen molar-refractivity contribution in [2.75, 3.05) is 20.6 Å². The number of rotatable bonds is 8. The van der Waals surface area contributed by atoms with E-state index in [-0.39, 0.29) is 16.9 Å². The highest BCUT2D eigenvalue weighted by Crippen LogP contribution is 2.10. The molecule has 1 amide bonds. The van der Waals surface area contributed by atoms with Crippen molar-refractivity contribution in [2.24, 2.45) is 11.7 Å². The molecular formula is C16H25N3OS. The number of benzene rings is 1. The third kappa shape index (κ3) is 6.69. The van der Waals surface area contributed by atoms with E-state index in [2.05, 4.69) is 10.2 Å². The van der Waals surface area contributed by atoms with Gasteiger partial charge in [-0.05, 0) is 46.0 Å². The molecule has 0 radical (unpaired) electrons. The van der Waals surface area contributed by atoms with E-state index in [1.807, 2.05) is 51.4 Å². The molecule has 3 N–H and O–H groups in total. The maximum atomic E-state index is 12.4. The fourth-order valence-electron chi connectivity index (χ4n) is 2.04. The molecule has 0 aliphatic rings. The minimum absolute atomic E-state index is 0.0855. The van der Waals surface area contributed by atoms with Gasteiger partial charge in [0, 0.05) is 6.04 Å². The van der Waals surface area contributed by atoms with Gasteiger partial charge < -0.3 is 16.0 Å². The summed E-state index contributed by atoms with van der Waals surface area (Å²) in [6.07, 6.45) is 1.44. The lowest BCUT2D eigenvalue weighted by atomic mass is 9.98. The van der Waals surface area contributed by atoms with Gasteiger partial charge in [0.25, 0.3) is 0 Å². The Kier molecular flexibility index (Phi) is 7.32. The van der Waals surface area contributed by atoms with Gasteiger partial charge in [-0.1, -0.05) is 42.5 Å². The molecule has 2 unspecified atom stereocenters. The summed E-state index contributed by atoms with van der Waals surface area (Å²) in [5.74, 6) is -0.540. The van der Waals surface area contributed by atoms with E-state index >= 15 is 0 Å². The van der Waals surface area contributed by atoms with Gasteiger partial charge in [-0.3, -0.25) is 4.79 Å². The summed E-state index contributed by atoms with van der Waals surface area (Å²) in [5.41, 5.74) is 6.81. The first kappa shape index (κ1) is 17.6. The second-order valence-corrected chi connectivity index (χ2v) is 6.12. The summed E-state index contributed by atoms with van der Waals surface area (Å²) in [5, 5.41) is 3.00. The zero-order chi connectivity index (χ0) is 15.8. The summed E-state index contributed by atoms with van der Waals surface area (Å²) < 4.78 is 0. The first-order valence-corrected chi connectivity index (χ1v) is 7.59.